The van der Waals surface area contributed by atoms with Crippen molar-refractivity contribution in [2.45, 2.75) is 78.6 Å². The molecule has 0 saturated heterocycles. The molecule has 0 amide bonds. The summed E-state index contributed by atoms with van der Waals surface area (Å²) < 4.78 is 9.57. The van der Waals surface area contributed by atoms with Crippen LogP contribution < -0.4 is 43.1 Å². The van der Waals surface area contributed by atoms with Gasteiger partial charge in [-0.25, -0.2) is 18.3 Å². The summed E-state index contributed by atoms with van der Waals surface area (Å²) in [6, 6.07) is 0. The van der Waals surface area contributed by atoms with E-state index in [1.165, 1.54) is 50.2 Å². The van der Waals surface area contributed by atoms with Crippen molar-refractivity contribution in [3.05, 3.63) is 36.4 Å². The van der Waals surface area contributed by atoms with Gasteiger partial charge in [-0.3, -0.25) is 0 Å². The quantitative estimate of drug-likeness (QED) is 0.140. The van der Waals surface area contributed by atoms with Gasteiger partial charge in [-0.2, -0.15) is 0 Å². The Morgan fingerprint density at radius 1 is 0.679 bits per heavy atom. The van der Waals surface area contributed by atoms with E-state index in [1.54, 1.807) is 0 Å². The van der Waals surface area contributed by atoms with Crippen LogP contribution in [0, 0.1) is 13.8 Å². The average Bonchev–Trinajstić information content (AvgIpc) is 3.16. The van der Waals surface area contributed by atoms with Gasteiger partial charge in [0.1, 0.15) is 24.8 Å². The summed E-state index contributed by atoms with van der Waals surface area (Å²) >= 11 is 7.02. The Morgan fingerprint density at radius 2 is 1.07 bits per heavy atom. The van der Waals surface area contributed by atoms with Crippen LogP contribution in [0.5, 0.6) is 0 Å². The highest BCUT2D eigenvalue weighted by molar-refractivity contribution is 9.09. The number of halogens is 4. The summed E-state index contributed by atoms with van der Waals surface area (Å²) in [7, 11) is 0. The van der Waals surface area contributed by atoms with Crippen molar-refractivity contribution in [1.29, 1.82) is 0 Å². The molecule has 2 rings (SSSR count). The minimum atomic E-state index is 0. The second-order valence-corrected chi connectivity index (χ2v) is 8.55. The zero-order chi connectivity index (χ0) is 18.8. The van der Waals surface area contributed by atoms with Gasteiger partial charge in [0.05, 0.1) is 26.2 Å². The van der Waals surface area contributed by atoms with E-state index in [1.807, 2.05) is 0 Å². The lowest BCUT2D eigenvalue weighted by Crippen LogP contribution is -3.00. The molecular weight excluding hydrogens is 616 g/mol. The molecule has 4 nitrogen and oxygen atoms in total. The first-order chi connectivity index (χ1) is 12.7. The van der Waals surface area contributed by atoms with E-state index < -0.39 is 0 Å². The first-order valence-electron chi connectivity index (χ1n) is 9.89. The van der Waals surface area contributed by atoms with Crippen LogP contribution in [0.15, 0.2) is 24.8 Å². The smallest absolute Gasteiger partial charge is 0.253 e. The summed E-state index contributed by atoms with van der Waals surface area (Å²) in [5, 5.41) is 2.20. The fraction of sp³-hybridized carbons (Fsp3) is 0.700. The van der Waals surface area contributed by atoms with Gasteiger partial charge >= 0.3 is 0 Å². The molecule has 2 aromatic heterocycles. The van der Waals surface area contributed by atoms with Crippen LogP contribution in [-0.2, 0) is 26.2 Å². The fourth-order valence-corrected chi connectivity index (χ4v) is 4.14. The first kappa shape index (κ1) is 28.3. The standard InChI is InChI=1S/C20H34Br2N4.2BrH/c1-19-23(11-5-3-9-21)15-17-25(19)13-7-8-14-26-18-16-24(20(26)2)12-6-4-10-22;;/h15-18H,3-14H2,1-2H3;2*1H/q+2;;/p-2. The molecule has 2 heterocycles. The van der Waals surface area contributed by atoms with E-state index in [2.05, 4.69) is 88.8 Å². The summed E-state index contributed by atoms with van der Waals surface area (Å²) in [5.41, 5.74) is 0. The van der Waals surface area contributed by atoms with Gasteiger partial charge in [0.15, 0.2) is 0 Å². The second kappa shape index (κ2) is 16.1. The highest BCUT2D eigenvalue weighted by Gasteiger charge is 2.13. The van der Waals surface area contributed by atoms with Crippen LogP contribution >= 0.6 is 31.9 Å². The number of imidazole rings is 2. The maximum absolute atomic E-state index is 3.51. The average molecular weight is 650 g/mol. The molecule has 0 aliphatic heterocycles. The van der Waals surface area contributed by atoms with Gasteiger partial charge in [-0.05, 0) is 38.5 Å². The van der Waals surface area contributed by atoms with E-state index in [9.17, 15) is 0 Å². The van der Waals surface area contributed by atoms with Gasteiger partial charge in [0.2, 0.25) is 0 Å². The lowest BCUT2D eigenvalue weighted by molar-refractivity contribution is -0.703. The molecule has 8 heteroatoms. The maximum atomic E-state index is 3.51. The molecule has 0 aromatic carbocycles. The fourth-order valence-electron chi connectivity index (χ4n) is 3.35. The number of unbranched alkanes of at least 4 members (excludes halogenated alkanes) is 3. The van der Waals surface area contributed by atoms with Crippen LogP contribution in [0.3, 0.4) is 0 Å². The predicted molar refractivity (Wildman–Crippen MR) is 114 cm³/mol. The highest BCUT2D eigenvalue weighted by Crippen LogP contribution is 2.04. The third-order valence-corrected chi connectivity index (χ3v) is 6.25. The number of hydrogen-bond acceptors (Lipinski definition) is 0. The molecule has 0 aliphatic rings. The van der Waals surface area contributed by atoms with Crippen molar-refractivity contribution in [1.82, 2.24) is 9.13 Å². The number of hydrogen-bond donors (Lipinski definition) is 0. The van der Waals surface area contributed by atoms with Crippen LogP contribution in [0.2, 0.25) is 0 Å². The Balaban J connectivity index is 0.00000364. The van der Waals surface area contributed by atoms with Crippen molar-refractivity contribution < 1.29 is 43.1 Å². The first-order valence-corrected chi connectivity index (χ1v) is 12.1. The van der Waals surface area contributed by atoms with Gasteiger partial charge in [-0.15, -0.1) is 0 Å². The Kier molecular flexibility index (Phi) is 16.3. The third kappa shape index (κ3) is 9.00. The molecule has 28 heavy (non-hydrogen) atoms. The SMILES string of the molecule is Cc1n(CCCCn2cc[n+](CCCCBr)c2C)cc[n+]1CCCCBr.[Br-].[Br-]. The molecule has 0 aliphatic carbocycles. The normalized spacial score (nSPS) is 10.6. The number of nitrogens with zero attached hydrogens (tertiary/aromatic N) is 4. The van der Waals surface area contributed by atoms with E-state index in [4.69, 9.17) is 0 Å². The molecule has 0 N–H and O–H groups in total. The predicted octanol–water partition coefficient (Wildman–Crippen LogP) is -1.68. The van der Waals surface area contributed by atoms with Gasteiger partial charge < -0.3 is 34.0 Å². The van der Waals surface area contributed by atoms with Crippen molar-refractivity contribution in [2.75, 3.05) is 10.7 Å². The zero-order valence-corrected chi connectivity index (χ0v) is 23.4. The number of aromatic nitrogens is 4. The van der Waals surface area contributed by atoms with E-state index in [0.717, 1.165) is 36.8 Å². The lowest BCUT2D eigenvalue weighted by Gasteiger charge is -2.03. The summed E-state index contributed by atoms with van der Waals surface area (Å²) in [6.45, 7) is 8.95. The molecule has 2 aromatic rings. The Labute approximate surface area is 208 Å². The van der Waals surface area contributed by atoms with Gasteiger partial charge in [0, 0.05) is 24.5 Å². The lowest BCUT2D eigenvalue weighted by atomic mass is 10.3. The Hall–Kier alpha value is 0.340. The van der Waals surface area contributed by atoms with E-state index in [-0.39, 0.29) is 34.0 Å². The second-order valence-electron chi connectivity index (χ2n) is 6.96. The summed E-state index contributed by atoms with van der Waals surface area (Å²) in [5.74, 6) is 2.75. The molecule has 0 bridgehead atoms. The minimum absolute atomic E-state index is 0. The zero-order valence-electron chi connectivity index (χ0n) is 17.1. The number of rotatable bonds is 13. The molecule has 0 atom stereocenters. The highest BCUT2D eigenvalue weighted by atomic mass is 79.9. The minimum Gasteiger partial charge on any atom is -1.00 e. The van der Waals surface area contributed by atoms with E-state index in [0.29, 0.717) is 0 Å². The Morgan fingerprint density at radius 3 is 1.43 bits per heavy atom. The molecule has 0 radical (unpaired) electrons. The van der Waals surface area contributed by atoms with Crippen molar-refractivity contribution >= 4 is 31.9 Å². The number of alkyl halides is 2. The Bertz CT molecular complexity index is 598. The van der Waals surface area contributed by atoms with Gasteiger partial charge in [0.25, 0.3) is 11.6 Å². The van der Waals surface area contributed by atoms with Crippen LogP contribution in [0.4, 0.5) is 0 Å². The largest absolute Gasteiger partial charge is 1.00 e. The molecular formula is C20H34Br4N4. The maximum Gasteiger partial charge on any atom is 0.253 e. The number of aryl methyl sites for hydroxylation is 4. The summed E-state index contributed by atoms with van der Waals surface area (Å²) in [6.07, 6.45) is 16.3. The van der Waals surface area contributed by atoms with Crippen molar-refractivity contribution in [2.24, 2.45) is 0 Å². The van der Waals surface area contributed by atoms with Gasteiger partial charge in [-0.1, -0.05) is 31.9 Å². The topological polar surface area (TPSA) is 17.6 Å². The molecule has 0 fully saturated rings. The van der Waals surface area contributed by atoms with Crippen LogP contribution in [0.1, 0.15) is 50.2 Å². The monoisotopic (exact) mass is 646 g/mol. The summed E-state index contributed by atoms with van der Waals surface area (Å²) in [4.78, 5) is 0. The van der Waals surface area contributed by atoms with Crippen LogP contribution in [-0.4, -0.2) is 19.8 Å². The van der Waals surface area contributed by atoms with Crippen LogP contribution in [0.25, 0.3) is 0 Å². The van der Waals surface area contributed by atoms with Crippen molar-refractivity contribution in [3.8, 4) is 0 Å². The molecule has 162 valence electrons. The molecule has 0 spiro atoms. The third-order valence-electron chi connectivity index (χ3n) is 5.13. The molecule has 0 saturated carbocycles. The van der Waals surface area contributed by atoms with E-state index >= 15 is 0 Å². The molecule has 0 unspecified atom stereocenters. The van der Waals surface area contributed by atoms with Crippen molar-refractivity contribution in [3.63, 3.8) is 0 Å².